The number of benzene rings is 4. The van der Waals surface area contributed by atoms with Gasteiger partial charge in [-0.25, -0.2) is 0 Å². The summed E-state index contributed by atoms with van der Waals surface area (Å²) in [5.41, 5.74) is 8.94. The van der Waals surface area contributed by atoms with Gasteiger partial charge in [0, 0.05) is 39.1 Å². The molecule has 64 heavy (non-hydrogen) atoms. The molecule has 0 spiro atoms. The highest BCUT2D eigenvalue weighted by Crippen LogP contribution is 2.62. The Bertz CT molecular complexity index is 2770. The van der Waals surface area contributed by atoms with Gasteiger partial charge in [0.05, 0.1) is 39.6 Å². The zero-order valence-corrected chi connectivity index (χ0v) is 41.6. The van der Waals surface area contributed by atoms with E-state index in [4.69, 9.17) is 35.3 Å². The highest BCUT2D eigenvalue weighted by atomic mass is 31.1. The molecule has 2 N–H and O–H groups in total. The average molecular weight is 915 g/mol. The van der Waals surface area contributed by atoms with Crippen molar-refractivity contribution in [2.45, 2.75) is 157 Å². The smallest absolute Gasteiger partial charge is 0.387 e. The van der Waals surface area contributed by atoms with Gasteiger partial charge in [-0.2, -0.15) is 0 Å². The van der Waals surface area contributed by atoms with Crippen molar-refractivity contribution in [1.82, 2.24) is 0 Å². The molecule has 4 aromatic carbocycles. The first-order valence-corrected chi connectivity index (χ1v) is 25.4. The second-order valence-electron chi connectivity index (χ2n) is 20.0. The zero-order valence-electron chi connectivity index (χ0n) is 39.8. The van der Waals surface area contributed by atoms with E-state index in [9.17, 15) is 10.2 Å². The number of rotatable bonds is 17. The number of aliphatic hydroxyl groups is 2. The highest BCUT2D eigenvalue weighted by molar-refractivity contribution is 7.32. The molecule has 8 rings (SSSR count). The van der Waals surface area contributed by atoms with Crippen molar-refractivity contribution >= 4 is 60.4 Å². The monoisotopic (exact) mass is 914 g/mol. The number of fused-ring (bicyclic) bond motifs is 6. The van der Waals surface area contributed by atoms with Gasteiger partial charge in [0.25, 0.3) is 0 Å². The van der Waals surface area contributed by atoms with Crippen molar-refractivity contribution < 1.29 is 45.5 Å². The van der Waals surface area contributed by atoms with Gasteiger partial charge in [0.2, 0.25) is 0 Å². The molecular formula is C52H68O10P2. The van der Waals surface area contributed by atoms with Crippen molar-refractivity contribution in [3.8, 4) is 11.5 Å². The molecule has 2 aliphatic carbocycles. The summed E-state index contributed by atoms with van der Waals surface area (Å²) in [7, 11) is -0.477. The summed E-state index contributed by atoms with van der Waals surface area (Å²) in [5.74, 6) is 2.40. The van der Waals surface area contributed by atoms with Gasteiger partial charge < -0.3 is 36.5 Å². The predicted octanol–water partition coefficient (Wildman–Crippen LogP) is 15.1. The fourth-order valence-corrected chi connectivity index (χ4v) is 12.0. The molecule has 6 aromatic rings. The van der Waals surface area contributed by atoms with E-state index < -0.39 is 16.5 Å². The number of hydrogen-bond donors (Lipinski definition) is 2. The van der Waals surface area contributed by atoms with Crippen LogP contribution in [0.1, 0.15) is 165 Å². The van der Waals surface area contributed by atoms with E-state index in [2.05, 4.69) is 79.7 Å². The van der Waals surface area contributed by atoms with Crippen molar-refractivity contribution in [1.29, 1.82) is 0 Å². The Kier molecular flexibility index (Phi) is 13.4. The Balaban J connectivity index is 1.22. The van der Waals surface area contributed by atoms with E-state index in [-0.39, 0.29) is 54.0 Å². The lowest BCUT2D eigenvalue weighted by Gasteiger charge is -2.16. The van der Waals surface area contributed by atoms with Gasteiger partial charge in [-0.3, -0.25) is 9.05 Å². The summed E-state index contributed by atoms with van der Waals surface area (Å²) in [6.45, 7) is 21.7. The fraction of sp³-hybridized carbons (Fsp3) is 0.538. The van der Waals surface area contributed by atoms with E-state index in [1.807, 2.05) is 38.1 Å². The summed E-state index contributed by atoms with van der Waals surface area (Å²) in [6.07, 6.45) is 4.69. The molecule has 0 bridgehead atoms. The molecule has 0 radical (unpaired) electrons. The van der Waals surface area contributed by atoms with Gasteiger partial charge in [-0.1, -0.05) is 61.8 Å². The van der Waals surface area contributed by atoms with Gasteiger partial charge >= 0.3 is 16.5 Å². The molecule has 6 unspecified atom stereocenters. The molecule has 0 aliphatic heterocycles. The van der Waals surface area contributed by atoms with E-state index in [0.29, 0.717) is 17.9 Å². The van der Waals surface area contributed by atoms with Crippen LogP contribution in [0.3, 0.4) is 0 Å². The van der Waals surface area contributed by atoms with Crippen LogP contribution >= 0.6 is 16.5 Å². The Morgan fingerprint density at radius 1 is 0.594 bits per heavy atom. The van der Waals surface area contributed by atoms with Crippen LogP contribution in [0.15, 0.2) is 65.3 Å². The zero-order chi connectivity index (χ0) is 45.8. The number of aliphatic hydroxyl groups excluding tert-OH is 2. The lowest BCUT2D eigenvalue weighted by Crippen LogP contribution is -2.21. The molecule has 2 aliphatic rings. The first kappa shape index (κ1) is 46.6. The van der Waals surface area contributed by atoms with Gasteiger partial charge in [0.15, 0.2) is 0 Å². The van der Waals surface area contributed by atoms with Crippen molar-refractivity contribution in [3.05, 3.63) is 81.9 Å². The lowest BCUT2D eigenvalue weighted by atomic mass is 9.91. The van der Waals surface area contributed by atoms with Gasteiger partial charge in [-0.05, 0) is 145 Å². The second-order valence-corrected chi connectivity index (χ2v) is 22.0. The first-order chi connectivity index (χ1) is 30.5. The number of methoxy groups -OCH3 is 2. The summed E-state index contributed by atoms with van der Waals surface area (Å²) < 4.78 is 53.2. The van der Waals surface area contributed by atoms with Crippen molar-refractivity contribution in [2.24, 2.45) is 10.8 Å². The average Bonchev–Trinajstić information content (AvgIpc) is 4.15. The van der Waals surface area contributed by atoms with E-state index >= 15 is 0 Å². The summed E-state index contributed by atoms with van der Waals surface area (Å²) >= 11 is 0. The third-order valence-corrected chi connectivity index (χ3v) is 16.4. The van der Waals surface area contributed by atoms with E-state index in [0.717, 1.165) is 115 Å². The van der Waals surface area contributed by atoms with Crippen LogP contribution in [-0.2, 0) is 13.2 Å². The molecule has 2 heterocycles. The third kappa shape index (κ3) is 9.26. The molecule has 2 aromatic heterocycles. The van der Waals surface area contributed by atoms with Crippen LogP contribution in [0.25, 0.3) is 43.9 Å². The van der Waals surface area contributed by atoms with E-state index in [1.54, 1.807) is 14.2 Å². The normalized spacial score (nSPS) is 20.0. The van der Waals surface area contributed by atoms with Gasteiger partial charge in [0.1, 0.15) is 33.8 Å². The van der Waals surface area contributed by atoms with Crippen LogP contribution in [0.5, 0.6) is 11.5 Å². The highest BCUT2D eigenvalue weighted by Gasteiger charge is 2.49. The standard InChI is InChI=1S/C52H68O10P2/c1-13-15-30(4)37-17-33(27-53)18-39-40-19-34(28-54)20-43(45-25-51(45,7)8)49(40)61-63(59-47(37)39)57-31(5)16-32(6)58-64-60-48-38(29(3)14-2)21-35(55-11)22-41(48)42-23-36(56-12)24-44(50(42)62-64)46-26-52(46,9)10/h17-24,29-32,45-46,53-54H,13-16,25-28H2,1-12H3/t29?,30?,31-,32-,45?,46?,63?,64?/m1/s1. The van der Waals surface area contributed by atoms with Crippen LogP contribution in [0.4, 0.5) is 0 Å². The number of hydrogen-bond acceptors (Lipinski definition) is 10. The minimum absolute atomic E-state index is 0.0900. The quantitative estimate of drug-likeness (QED) is 0.0912. The van der Waals surface area contributed by atoms with Crippen molar-refractivity contribution in [2.75, 3.05) is 14.2 Å². The molecule has 346 valence electrons. The molecule has 10 nitrogen and oxygen atoms in total. The first-order valence-electron chi connectivity index (χ1n) is 23.2. The van der Waals surface area contributed by atoms with Crippen molar-refractivity contribution in [3.63, 3.8) is 0 Å². The Hall–Kier alpha value is -3.88. The maximum absolute atomic E-state index is 10.5. The second kappa shape index (κ2) is 18.4. The molecule has 2 fully saturated rings. The molecular weight excluding hydrogens is 847 g/mol. The topological polar surface area (TPSA) is 130 Å². The maximum Gasteiger partial charge on any atom is 0.387 e. The molecule has 12 heteroatoms. The van der Waals surface area contributed by atoms with Crippen LogP contribution in [0, 0.1) is 10.8 Å². The number of ether oxygens (including phenoxy) is 2. The minimum atomic E-state index is -1.96. The maximum atomic E-state index is 10.5. The molecule has 0 saturated heterocycles. The SMILES string of the molecule is CCCC(C)c1cc(CO)cc2c1op(O[C@H](C)C[C@@H](C)Op1oc3c(C(C)CC)cc(OC)cc3c3cc(OC)cc(C4CC4(C)C)c3o1)oc1c(C3CC3(C)C)cc(CO)cc12. The Morgan fingerprint density at radius 2 is 1.02 bits per heavy atom. The Labute approximate surface area is 379 Å². The lowest BCUT2D eigenvalue weighted by molar-refractivity contribution is 0.184. The molecule has 0 amide bonds. The largest absolute Gasteiger partial charge is 0.497 e. The third-order valence-electron chi connectivity index (χ3n) is 14.0. The Morgan fingerprint density at radius 3 is 1.48 bits per heavy atom. The van der Waals surface area contributed by atoms with Crippen LogP contribution in [0.2, 0.25) is 0 Å². The predicted molar refractivity (Wildman–Crippen MR) is 259 cm³/mol. The minimum Gasteiger partial charge on any atom is -0.497 e. The summed E-state index contributed by atoms with van der Waals surface area (Å²) in [4.78, 5) is 0. The summed E-state index contributed by atoms with van der Waals surface area (Å²) in [6, 6.07) is 16.4. The van der Waals surface area contributed by atoms with Crippen LogP contribution < -0.4 is 18.5 Å². The summed E-state index contributed by atoms with van der Waals surface area (Å²) in [5, 5.41) is 24.5. The molecule has 2 saturated carbocycles. The van der Waals surface area contributed by atoms with E-state index in [1.165, 1.54) is 0 Å². The fourth-order valence-electron chi connectivity index (χ4n) is 9.62. The molecule has 8 atom stereocenters. The van der Waals surface area contributed by atoms with Crippen LogP contribution in [-0.4, -0.2) is 36.6 Å². The van der Waals surface area contributed by atoms with Gasteiger partial charge in [-0.15, -0.1) is 0 Å².